The van der Waals surface area contributed by atoms with Gasteiger partial charge < -0.3 is 9.47 Å². The number of halogens is 3. The maximum atomic E-state index is 14.0. The van der Waals surface area contributed by atoms with E-state index in [2.05, 4.69) is 59.0 Å². The highest BCUT2D eigenvalue weighted by Gasteiger charge is 2.33. The third kappa shape index (κ3) is 6.79. The van der Waals surface area contributed by atoms with Gasteiger partial charge in [0.1, 0.15) is 12.4 Å². The zero-order valence-corrected chi connectivity index (χ0v) is 29.9. The SMILES string of the molecule is CCOC(=O)C1=C(C)N=c2s/c(=C\c3cc(I)c(OCc4ccccc4Cl)c(I)c3)c(=O)n2[C@H]1c1ccc(C(C)C)cc1. The highest BCUT2D eigenvalue weighted by molar-refractivity contribution is 14.1. The number of benzene rings is 3. The van der Waals surface area contributed by atoms with E-state index < -0.39 is 12.0 Å². The molecule has 0 amide bonds. The first kappa shape index (κ1) is 31.9. The molecule has 10 heteroatoms. The van der Waals surface area contributed by atoms with Crippen LogP contribution in [0.4, 0.5) is 0 Å². The van der Waals surface area contributed by atoms with Crippen molar-refractivity contribution in [2.45, 2.75) is 46.3 Å². The van der Waals surface area contributed by atoms with Gasteiger partial charge in [0.25, 0.3) is 5.56 Å². The van der Waals surface area contributed by atoms with Crippen LogP contribution in [0.5, 0.6) is 5.75 Å². The van der Waals surface area contributed by atoms with Gasteiger partial charge in [-0.2, -0.15) is 0 Å². The second-order valence-electron chi connectivity index (χ2n) is 10.3. The van der Waals surface area contributed by atoms with Crippen LogP contribution in [0.2, 0.25) is 5.02 Å². The molecule has 4 aromatic rings. The van der Waals surface area contributed by atoms with Crippen molar-refractivity contribution in [3.05, 3.63) is 126 Å². The Kier molecular flexibility index (Phi) is 10.1. The summed E-state index contributed by atoms with van der Waals surface area (Å²) >= 11 is 12.1. The molecule has 2 heterocycles. The summed E-state index contributed by atoms with van der Waals surface area (Å²) in [5, 5.41) is 0.662. The van der Waals surface area contributed by atoms with Crippen LogP contribution in [0.1, 0.15) is 61.9 Å². The second kappa shape index (κ2) is 13.7. The lowest BCUT2D eigenvalue weighted by Crippen LogP contribution is -2.39. The van der Waals surface area contributed by atoms with Crippen LogP contribution in [-0.2, 0) is 16.1 Å². The fraction of sp³-hybridized carbons (Fsp3) is 0.242. The number of ether oxygens (including phenoxy) is 2. The number of allylic oxidation sites excluding steroid dienone is 1. The highest BCUT2D eigenvalue weighted by Crippen LogP contribution is 2.33. The standard InChI is InChI=1S/C33H29ClI2N2O4S/c1-5-41-32(40)28-19(4)37-33-38(29(28)22-12-10-21(11-13-22)18(2)3)31(39)27(43-33)16-20-14-25(35)30(26(36)15-20)42-17-23-8-6-7-9-24(23)34/h6-16,18,29H,5,17H2,1-4H3/b27-16-/t29-/m0/s1. The summed E-state index contributed by atoms with van der Waals surface area (Å²) < 4.78 is 15.5. The van der Waals surface area contributed by atoms with Gasteiger partial charge in [-0.05, 0) is 106 Å². The van der Waals surface area contributed by atoms with Crippen molar-refractivity contribution in [1.29, 1.82) is 0 Å². The van der Waals surface area contributed by atoms with Crippen molar-refractivity contribution in [2.75, 3.05) is 6.61 Å². The van der Waals surface area contributed by atoms with Gasteiger partial charge in [-0.15, -0.1) is 0 Å². The summed E-state index contributed by atoms with van der Waals surface area (Å²) in [6.45, 7) is 8.41. The summed E-state index contributed by atoms with van der Waals surface area (Å²) in [6, 6.07) is 19.0. The summed E-state index contributed by atoms with van der Waals surface area (Å²) in [4.78, 5) is 32.4. The molecule has 43 heavy (non-hydrogen) atoms. The van der Waals surface area contributed by atoms with E-state index in [0.29, 0.717) is 38.2 Å². The van der Waals surface area contributed by atoms with E-state index >= 15 is 0 Å². The maximum absolute atomic E-state index is 14.0. The van der Waals surface area contributed by atoms with Gasteiger partial charge in [-0.1, -0.05) is 79.2 Å². The zero-order valence-electron chi connectivity index (χ0n) is 24.0. The lowest BCUT2D eigenvalue weighted by molar-refractivity contribution is -0.139. The fourth-order valence-corrected chi connectivity index (χ4v) is 8.25. The monoisotopic (exact) mass is 838 g/mol. The van der Waals surface area contributed by atoms with Gasteiger partial charge in [0.15, 0.2) is 4.80 Å². The predicted octanol–water partition coefficient (Wildman–Crippen LogP) is 7.36. The van der Waals surface area contributed by atoms with Gasteiger partial charge in [0, 0.05) is 10.6 Å². The second-order valence-corrected chi connectivity index (χ2v) is 14.1. The molecule has 0 saturated carbocycles. The Morgan fingerprint density at radius 3 is 2.42 bits per heavy atom. The average Bonchev–Trinajstić information content (AvgIpc) is 3.26. The number of aromatic nitrogens is 1. The van der Waals surface area contributed by atoms with Crippen molar-refractivity contribution in [2.24, 2.45) is 4.99 Å². The first-order valence-corrected chi connectivity index (χ1v) is 17.1. The Morgan fingerprint density at radius 2 is 1.79 bits per heavy atom. The Morgan fingerprint density at radius 1 is 1.12 bits per heavy atom. The molecule has 0 unspecified atom stereocenters. The van der Waals surface area contributed by atoms with E-state index in [1.807, 2.05) is 66.7 Å². The molecule has 0 N–H and O–H groups in total. The van der Waals surface area contributed by atoms with E-state index in [9.17, 15) is 9.59 Å². The third-order valence-electron chi connectivity index (χ3n) is 7.08. The number of nitrogens with zero attached hydrogens (tertiary/aromatic N) is 2. The van der Waals surface area contributed by atoms with Crippen LogP contribution >= 0.6 is 68.1 Å². The van der Waals surface area contributed by atoms with Gasteiger partial charge in [-0.25, -0.2) is 9.79 Å². The smallest absolute Gasteiger partial charge is 0.338 e. The largest absolute Gasteiger partial charge is 0.487 e. The lowest BCUT2D eigenvalue weighted by atomic mass is 9.93. The molecule has 3 aromatic carbocycles. The van der Waals surface area contributed by atoms with Crippen molar-refractivity contribution in [3.63, 3.8) is 0 Å². The van der Waals surface area contributed by atoms with Crippen LogP contribution in [0.3, 0.4) is 0 Å². The minimum absolute atomic E-state index is 0.208. The van der Waals surface area contributed by atoms with Crippen molar-refractivity contribution in [3.8, 4) is 5.75 Å². The quantitative estimate of drug-likeness (QED) is 0.138. The normalized spacial score (nSPS) is 15.0. The molecule has 6 nitrogen and oxygen atoms in total. The highest BCUT2D eigenvalue weighted by atomic mass is 127. The molecule has 0 spiro atoms. The van der Waals surface area contributed by atoms with E-state index in [-0.39, 0.29) is 12.2 Å². The van der Waals surface area contributed by atoms with E-state index in [1.54, 1.807) is 18.4 Å². The Balaban J connectivity index is 1.56. The Hall–Kier alpha value is -2.48. The minimum atomic E-state index is -0.639. The number of esters is 1. The van der Waals surface area contributed by atoms with Gasteiger partial charge in [0.2, 0.25) is 0 Å². The van der Waals surface area contributed by atoms with Gasteiger partial charge in [-0.3, -0.25) is 9.36 Å². The van der Waals surface area contributed by atoms with Crippen LogP contribution in [0.15, 0.2) is 81.7 Å². The van der Waals surface area contributed by atoms with Crippen LogP contribution < -0.4 is 19.6 Å². The zero-order chi connectivity index (χ0) is 30.8. The maximum Gasteiger partial charge on any atom is 0.338 e. The van der Waals surface area contributed by atoms with Crippen LogP contribution in [-0.4, -0.2) is 17.1 Å². The summed E-state index contributed by atoms with van der Waals surface area (Å²) in [6.07, 6.45) is 1.87. The molecule has 222 valence electrons. The Labute approximate surface area is 286 Å². The lowest BCUT2D eigenvalue weighted by Gasteiger charge is -2.25. The fourth-order valence-electron chi connectivity index (χ4n) is 4.89. The molecule has 1 aliphatic rings. The van der Waals surface area contributed by atoms with Gasteiger partial charge >= 0.3 is 5.97 Å². The summed E-state index contributed by atoms with van der Waals surface area (Å²) in [7, 11) is 0. The molecule has 1 aliphatic heterocycles. The molecule has 0 fully saturated rings. The number of carbonyl (C=O) groups is 1. The van der Waals surface area contributed by atoms with Crippen LogP contribution in [0, 0.1) is 7.14 Å². The molecule has 5 rings (SSSR count). The Bertz CT molecular complexity index is 1890. The first-order valence-electron chi connectivity index (χ1n) is 13.7. The molecule has 1 aromatic heterocycles. The van der Waals surface area contributed by atoms with Crippen molar-refractivity contribution >= 4 is 80.2 Å². The molecule has 0 saturated heterocycles. The van der Waals surface area contributed by atoms with Crippen molar-refractivity contribution < 1.29 is 14.3 Å². The molecular weight excluding hydrogens is 810 g/mol. The molecular formula is C33H29ClI2N2O4S. The van der Waals surface area contributed by atoms with E-state index in [1.165, 1.54) is 16.9 Å². The molecule has 0 radical (unpaired) electrons. The van der Waals surface area contributed by atoms with E-state index in [0.717, 1.165) is 29.6 Å². The van der Waals surface area contributed by atoms with Crippen molar-refractivity contribution in [1.82, 2.24) is 4.57 Å². The molecule has 0 aliphatic carbocycles. The average molecular weight is 839 g/mol. The van der Waals surface area contributed by atoms with Crippen LogP contribution in [0.25, 0.3) is 6.08 Å². The minimum Gasteiger partial charge on any atom is -0.487 e. The van der Waals surface area contributed by atoms with Gasteiger partial charge in [0.05, 0.1) is 35.6 Å². The molecule has 0 bridgehead atoms. The number of hydrogen-bond donors (Lipinski definition) is 0. The summed E-state index contributed by atoms with van der Waals surface area (Å²) in [5.41, 5.74) is 4.50. The number of carbonyl (C=O) groups excluding carboxylic acids is 1. The number of thiazole rings is 1. The molecule has 1 atom stereocenters. The first-order chi connectivity index (χ1) is 20.6. The summed E-state index contributed by atoms with van der Waals surface area (Å²) in [5.74, 6) is 0.656. The topological polar surface area (TPSA) is 69.9 Å². The number of hydrogen-bond acceptors (Lipinski definition) is 6. The number of fused-ring (bicyclic) bond motifs is 1. The number of rotatable bonds is 8. The third-order valence-corrected chi connectivity index (χ3v) is 10.0. The predicted molar refractivity (Wildman–Crippen MR) is 189 cm³/mol. The van der Waals surface area contributed by atoms with E-state index in [4.69, 9.17) is 26.1 Å².